The Kier molecular flexibility index (Phi) is 5.73. The van der Waals surface area contributed by atoms with E-state index in [9.17, 15) is 21.9 Å². The van der Waals surface area contributed by atoms with Crippen LogP contribution in [0.3, 0.4) is 0 Å². The molecule has 1 fully saturated rings. The number of halogens is 1. The van der Waals surface area contributed by atoms with E-state index >= 15 is 0 Å². The first-order valence-electron chi connectivity index (χ1n) is 9.62. The van der Waals surface area contributed by atoms with Crippen LogP contribution in [0.15, 0.2) is 59.8 Å². The van der Waals surface area contributed by atoms with Crippen molar-refractivity contribution in [1.82, 2.24) is 9.97 Å². The Bertz CT molecular complexity index is 1210. The number of hydrogen-bond acceptors (Lipinski definition) is 7. The van der Waals surface area contributed by atoms with Crippen LogP contribution in [0.25, 0.3) is 22.3 Å². The van der Waals surface area contributed by atoms with Crippen molar-refractivity contribution in [2.45, 2.75) is 23.0 Å². The summed E-state index contributed by atoms with van der Waals surface area (Å²) in [6, 6.07) is 11.0. The molecule has 0 radical (unpaired) electrons. The predicted molar refractivity (Wildman–Crippen MR) is 120 cm³/mol. The third kappa shape index (κ3) is 4.42. The van der Waals surface area contributed by atoms with Gasteiger partial charge in [0, 0.05) is 40.6 Å². The quantitative estimate of drug-likeness (QED) is 0.529. The lowest BCUT2D eigenvalue weighted by Gasteiger charge is -2.38. The summed E-state index contributed by atoms with van der Waals surface area (Å²) < 4.78 is 61.2. The highest BCUT2D eigenvalue weighted by Crippen LogP contribution is 2.46. The molecule has 7 nitrogen and oxygen atoms in total. The number of sulfone groups is 1. The zero-order valence-electron chi connectivity index (χ0n) is 16.5. The average Bonchev–Trinajstić information content (AvgIpc) is 2.74. The van der Waals surface area contributed by atoms with E-state index in [1.54, 1.807) is 30.3 Å². The molecule has 0 aliphatic carbocycles. The molecule has 10 heteroatoms. The largest absolute Gasteiger partial charge is 0.368 e. The van der Waals surface area contributed by atoms with E-state index in [0.29, 0.717) is 16.7 Å². The average molecular weight is 464 g/mol. The molecule has 31 heavy (non-hydrogen) atoms. The minimum absolute atomic E-state index is 0.0754. The van der Waals surface area contributed by atoms with Crippen LogP contribution < -0.4 is 5.73 Å². The van der Waals surface area contributed by atoms with Crippen molar-refractivity contribution in [3.8, 4) is 22.3 Å². The van der Waals surface area contributed by atoms with E-state index in [2.05, 4.69) is 9.97 Å². The van der Waals surface area contributed by atoms with E-state index in [4.69, 9.17) is 5.73 Å². The zero-order valence-corrected chi connectivity index (χ0v) is 18.1. The summed E-state index contributed by atoms with van der Waals surface area (Å²) in [5.74, 6) is -0.300. The fourth-order valence-corrected chi connectivity index (χ4v) is 7.53. The lowest BCUT2D eigenvalue weighted by Crippen LogP contribution is -2.31. The van der Waals surface area contributed by atoms with Crippen LogP contribution in [0.2, 0.25) is 0 Å². The Morgan fingerprint density at radius 3 is 2.26 bits per heavy atom. The number of hydrogen-bond donors (Lipinski definition) is 3. The Morgan fingerprint density at radius 1 is 0.968 bits per heavy atom. The van der Waals surface area contributed by atoms with E-state index in [0.717, 1.165) is 0 Å². The van der Waals surface area contributed by atoms with Crippen molar-refractivity contribution in [2.75, 3.05) is 17.2 Å². The summed E-state index contributed by atoms with van der Waals surface area (Å²) in [7, 11) is -6.43. The molecule has 0 amide bonds. The summed E-state index contributed by atoms with van der Waals surface area (Å²) in [4.78, 5) is 7.86. The van der Waals surface area contributed by atoms with Gasteiger partial charge in [0.1, 0.15) is 5.82 Å². The molecule has 1 aliphatic heterocycles. The first-order chi connectivity index (χ1) is 14.7. The molecule has 1 saturated heterocycles. The van der Waals surface area contributed by atoms with Crippen molar-refractivity contribution < 1.29 is 21.9 Å². The molecule has 0 atom stereocenters. The van der Waals surface area contributed by atoms with Gasteiger partial charge in [-0.3, -0.25) is 9.11 Å². The van der Waals surface area contributed by atoms with Crippen LogP contribution >= 0.6 is 10.6 Å². The summed E-state index contributed by atoms with van der Waals surface area (Å²) in [5.41, 5.74) is 7.04. The second-order valence-corrected chi connectivity index (χ2v) is 12.1. The molecule has 164 valence electrons. The van der Waals surface area contributed by atoms with Gasteiger partial charge in [0.15, 0.2) is 9.84 Å². The van der Waals surface area contributed by atoms with Crippen LogP contribution in [0, 0.1) is 5.82 Å². The van der Waals surface area contributed by atoms with Gasteiger partial charge in [0.05, 0.1) is 10.1 Å². The minimum Gasteiger partial charge on any atom is -0.368 e. The molecule has 0 saturated carbocycles. The third-order valence-electron chi connectivity index (χ3n) is 5.43. The van der Waals surface area contributed by atoms with Crippen molar-refractivity contribution >= 4 is 26.4 Å². The number of anilines is 1. The van der Waals surface area contributed by atoms with E-state index < -0.39 is 31.5 Å². The van der Waals surface area contributed by atoms with Gasteiger partial charge in [-0.05, 0) is 30.5 Å². The van der Waals surface area contributed by atoms with Crippen LogP contribution in [-0.2, 0) is 9.84 Å². The van der Waals surface area contributed by atoms with Gasteiger partial charge in [-0.1, -0.05) is 30.3 Å². The highest BCUT2D eigenvalue weighted by atomic mass is 32.3. The Labute approximate surface area is 181 Å². The van der Waals surface area contributed by atoms with Crippen LogP contribution in [0.5, 0.6) is 0 Å². The fourth-order valence-electron chi connectivity index (χ4n) is 3.72. The maximum absolute atomic E-state index is 14.9. The monoisotopic (exact) mass is 463 g/mol. The van der Waals surface area contributed by atoms with Crippen molar-refractivity contribution in [3.05, 3.63) is 60.7 Å². The smallest absolute Gasteiger partial charge is 0.219 e. The molecule has 0 spiro atoms. The first kappa shape index (κ1) is 21.7. The number of rotatable bonds is 4. The summed E-state index contributed by atoms with van der Waals surface area (Å²) in [6.07, 6.45) is 3.21. The first-order valence-corrected chi connectivity index (χ1v) is 13.0. The summed E-state index contributed by atoms with van der Waals surface area (Å²) >= 11 is 0. The lowest BCUT2D eigenvalue weighted by molar-refractivity contribution is 0.467. The normalized spacial score (nSPS) is 17.9. The summed E-state index contributed by atoms with van der Waals surface area (Å²) in [6.45, 7) is 0. The fraction of sp³-hybridized carbons (Fsp3) is 0.238. The molecular weight excluding hydrogens is 441 g/mol. The van der Waals surface area contributed by atoms with Gasteiger partial charge >= 0.3 is 0 Å². The van der Waals surface area contributed by atoms with Crippen molar-refractivity contribution in [2.24, 2.45) is 0 Å². The number of aromatic nitrogens is 2. The molecule has 3 aromatic rings. The lowest BCUT2D eigenvalue weighted by atomic mass is 10.0. The maximum Gasteiger partial charge on any atom is 0.219 e. The Hall–Kier alpha value is -2.53. The second-order valence-electron chi connectivity index (χ2n) is 7.48. The van der Waals surface area contributed by atoms with E-state index in [1.807, 2.05) is 0 Å². The molecule has 4 rings (SSSR count). The summed E-state index contributed by atoms with van der Waals surface area (Å²) in [5, 5.41) is -0.704. The van der Waals surface area contributed by atoms with Gasteiger partial charge in [0.2, 0.25) is 5.95 Å². The second kappa shape index (κ2) is 8.19. The standard InChI is InChI=1S/C21H22FN3O4S2/c22-19-11-14(5-6-17(19)15-12-24-21(23)25-13-15)18-3-1-2-4-20(18)31(28,29)16-7-9-30(26,27)10-8-16/h1-6,11-13,16,26-27H,7-10H2,(H2,23,24,25). The number of nitrogen functional groups attached to an aromatic ring is 1. The van der Waals surface area contributed by atoms with Gasteiger partial charge in [-0.2, -0.15) is 10.6 Å². The molecule has 1 aliphatic rings. The molecule has 1 aromatic heterocycles. The molecule has 0 unspecified atom stereocenters. The topological polar surface area (TPSA) is 126 Å². The van der Waals surface area contributed by atoms with Crippen LogP contribution in [0.1, 0.15) is 12.8 Å². The molecule has 0 bridgehead atoms. The van der Waals surface area contributed by atoms with Crippen molar-refractivity contribution in [1.29, 1.82) is 0 Å². The number of benzene rings is 2. The zero-order chi connectivity index (χ0) is 22.2. The molecule has 2 heterocycles. The third-order valence-corrected chi connectivity index (χ3v) is 9.53. The van der Waals surface area contributed by atoms with Crippen LogP contribution in [-0.4, -0.2) is 44.2 Å². The van der Waals surface area contributed by atoms with Gasteiger partial charge in [0.25, 0.3) is 0 Å². The number of nitrogens with zero attached hydrogens (tertiary/aromatic N) is 2. The van der Waals surface area contributed by atoms with Crippen LogP contribution in [0.4, 0.5) is 10.3 Å². The van der Waals surface area contributed by atoms with E-state index in [-0.39, 0.29) is 40.8 Å². The van der Waals surface area contributed by atoms with Gasteiger partial charge in [-0.25, -0.2) is 22.8 Å². The van der Waals surface area contributed by atoms with E-state index in [1.165, 1.54) is 24.5 Å². The van der Waals surface area contributed by atoms with Gasteiger partial charge in [-0.15, -0.1) is 0 Å². The highest BCUT2D eigenvalue weighted by Gasteiger charge is 2.35. The maximum atomic E-state index is 14.9. The Balaban J connectivity index is 1.70. The molecule has 4 N–H and O–H groups in total. The van der Waals surface area contributed by atoms with Crippen molar-refractivity contribution in [3.63, 3.8) is 0 Å². The molecular formula is C21H22FN3O4S2. The van der Waals surface area contributed by atoms with Gasteiger partial charge < -0.3 is 5.73 Å². The highest BCUT2D eigenvalue weighted by molar-refractivity contribution is 8.24. The SMILES string of the molecule is Nc1ncc(-c2ccc(-c3ccccc3S(=O)(=O)C3CCS(O)(O)CC3)cc2F)cn1. The molecule has 2 aromatic carbocycles. The predicted octanol–water partition coefficient (Wildman–Crippen LogP) is 4.22. The minimum atomic E-state index is -3.74. The number of nitrogens with two attached hydrogens (primary N) is 1. The Morgan fingerprint density at radius 2 is 1.61 bits per heavy atom.